The number of carbonyl (C=O) groups excluding carboxylic acids is 1. The smallest absolute Gasteiger partial charge is 0.173 e. The normalized spacial score (nSPS) is 9.31. The lowest BCUT2D eigenvalue weighted by atomic mass is 10.2. The second-order valence-corrected chi connectivity index (χ2v) is 4.11. The van der Waals surface area contributed by atoms with Gasteiger partial charge in [0, 0.05) is 3.57 Å². The first-order valence-electron chi connectivity index (χ1n) is 4.70. The number of terminal acetylenes is 1. The third kappa shape index (κ3) is 3.14. The van der Waals surface area contributed by atoms with Crippen LogP contribution in [0.3, 0.4) is 0 Å². The summed E-state index contributed by atoms with van der Waals surface area (Å²) in [5, 5.41) is 0. The standard InChI is InChI=1S/C12H11IO3/c1-3-5-16-12-9(8-14)6-10(13)7-11(12)15-4-2/h1,6-8H,4-5H2,2H3. The van der Waals surface area contributed by atoms with Gasteiger partial charge in [-0.2, -0.15) is 0 Å². The Kier molecular flexibility index (Phi) is 5.12. The molecular formula is C12H11IO3. The van der Waals surface area contributed by atoms with Gasteiger partial charge in [-0.25, -0.2) is 0 Å². The van der Waals surface area contributed by atoms with Crippen LogP contribution in [-0.4, -0.2) is 19.5 Å². The number of carbonyl (C=O) groups is 1. The quantitative estimate of drug-likeness (QED) is 0.473. The van der Waals surface area contributed by atoms with Crippen LogP contribution in [0.15, 0.2) is 12.1 Å². The van der Waals surface area contributed by atoms with E-state index in [2.05, 4.69) is 28.5 Å². The van der Waals surface area contributed by atoms with E-state index in [1.54, 1.807) is 6.07 Å². The zero-order valence-corrected chi connectivity index (χ0v) is 11.0. The van der Waals surface area contributed by atoms with Crippen LogP contribution in [0.1, 0.15) is 17.3 Å². The molecule has 0 bridgehead atoms. The van der Waals surface area contributed by atoms with Crippen LogP contribution >= 0.6 is 22.6 Å². The highest BCUT2D eigenvalue weighted by molar-refractivity contribution is 14.1. The van der Waals surface area contributed by atoms with Gasteiger partial charge in [-0.05, 0) is 41.6 Å². The minimum absolute atomic E-state index is 0.113. The first-order valence-corrected chi connectivity index (χ1v) is 5.78. The highest BCUT2D eigenvalue weighted by Gasteiger charge is 2.12. The molecule has 0 saturated carbocycles. The Hall–Kier alpha value is -1.22. The van der Waals surface area contributed by atoms with Crippen molar-refractivity contribution in [3.05, 3.63) is 21.3 Å². The first kappa shape index (κ1) is 12.8. The molecule has 0 atom stereocenters. The second kappa shape index (κ2) is 6.38. The molecule has 0 radical (unpaired) electrons. The summed E-state index contributed by atoms with van der Waals surface area (Å²) >= 11 is 2.11. The highest BCUT2D eigenvalue weighted by Crippen LogP contribution is 2.32. The number of ether oxygens (including phenoxy) is 2. The van der Waals surface area contributed by atoms with E-state index in [1.165, 1.54) is 0 Å². The summed E-state index contributed by atoms with van der Waals surface area (Å²) in [5.41, 5.74) is 0.450. The summed E-state index contributed by atoms with van der Waals surface area (Å²) in [6, 6.07) is 3.53. The van der Waals surface area contributed by atoms with Crippen LogP contribution < -0.4 is 9.47 Å². The van der Waals surface area contributed by atoms with Gasteiger partial charge in [-0.3, -0.25) is 4.79 Å². The number of aldehydes is 1. The predicted molar refractivity (Wildman–Crippen MR) is 70.0 cm³/mol. The Labute approximate surface area is 108 Å². The van der Waals surface area contributed by atoms with Gasteiger partial charge in [0.2, 0.25) is 0 Å². The summed E-state index contributed by atoms with van der Waals surface area (Å²) < 4.78 is 11.6. The zero-order valence-electron chi connectivity index (χ0n) is 8.83. The topological polar surface area (TPSA) is 35.5 Å². The van der Waals surface area contributed by atoms with Crippen molar-refractivity contribution in [1.29, 1.82) is 0 Å². The van der Waals surface area contributed by atoms with Gasteiger partial charge in [0.15, 0.2) is 17.8 Å². The molecule has 0 fully saturated rings. The van der Waals surface area contributed by atoms with Crippen molar-refractivity contribution in [2.24, 2.45) is 0 Å². The Balaban J connectivity index is 3.16. The van der Waals surface area contributed by atoms with Crippen LogP contribution in [0, 0.1) is 15.9 Å². The van der Waals surface area contributed by atoms with E-state index in [0.29, 0.717) is 23.7 Å². The van der Waals surface area contributed by atoms with Crippen molar-refractivity contribution >= 4 is 28.9 Å². The lowest BCUT2D eigenvalue weighted by Crippen LogP contribution is -2.02. The Bertz CT molecular complexity index is 421. The van der Waals surface area contributed by atoms with E-state index in [1.807, 2.05) is 13.0 Å². The molecule has 0 aliphatic rings. The molecule has 0 amide bonds. The van der Waals surface area contributed by atoms with Gasteiger partial charge in [-0.15, -0.1) is 6.42 Å². The van der Waals surface area contributed by atoms with Crippen LogP contribution in [-0.2, 0) is 0 Å². The molecule has 0 aliphatic carbocycles. The van der Waals surface area contributed by atoms with Crippen LogP contribution in [0.2, 0.25) is 0 Å². The number of hydrogen-bond donors (Lipinski definition) is 0. The molecule has 0 aliphatic heterocycles. The fourth-order valence-corrected chi connectivity index (χ4v) is 1.83. The molecule has 0 heterocycles. The van der Waals surface area contributed by atoms with Gasteiger partial charge >= 0.3 is 0 Å². The third-order valence-electron chi connectivity index (χ3n) is 1.77. The SMILES string of the molecule is C#CCOc1c(C=O)cc(I)cc1OCC. The lowest BCUT2D eigenvalue weighted by Gasteiger charge is -2.12. The molecule has 0 aromatic heterocycles. The first-order chi connectivity index (χ1) is 7.72. The lowest BCUT2D eigenvalue weighted by molar-refractivity contribution is 0.111. The molecule has 1 aromatic carbocycles. The highest BCUT2D eigenvalue weighted by atomic mass is 127. The summed E-state index contributed by atoms with van der Waals surface area (Å²) in [6.45, 7) is 2.48. The van der Waals surface area contributed by atoms with Gasteiger partial charge in [-0.1, -0.05) is 5.92 Å². The minimum atomic E-state index is 0.113. The number of hydrogen-bond acceptors (Lipinski definition) is 3. The van der Waals surface area contributed by atoms with E-state index in [0.717, 1.165) is 9.86 Å². The predicted octanol–water partition coefficient (Wildman–Crippen LogP) is 2.51. The van der Waals surface area contributed by atoms with Crippen molar-refractivity contribution in [1.82, 2.24) is 0 Å². The number of rotatable bonds is 5. The minimum Gasteiger partial charge on any atom is -0.490 e. The Morgan fingerprint density at radius 1 is 1.50 bits per heavy atom. The average Bonchev–Trinajstić information content (AvgIpc) is 2.27. The van der Waals surface area contributed by atoms with E-state index < -0.39 is 0 Å². The van der Waals surface area contributed by atoms with Crippen LogP contribution in [0.4, 0.5) is 0 Å². The summed E-state index contributed by atoms with van der Waals surface area (Å²) in [7, 11) is 0. The van der Waals surface area contributed by atoms with Gasteiger partial charge < -0.3 is 9.47 Å². The molecule has 3 nitrogen and oxygen atoms in total. The average molecular weight is 330 g/mol. The number of halogens is 1. The summed E-state index contributed by atoms with van der Waals surface area (Å²) in [6.07, 6.45) is 5.85. The molecule has 1 aromatic rings. The largest absolute Gasteiger partial charge is 0.490 e. The Morgan fingerprint density at radius 3 is 2.81 bits per heavy atom. The Morgan fingerprint density at radius 2 is 2.25 bits per heavy atom. The molecule has 16 heavy (non-hydrogen) atoms. The van der Waals surface area contributed by atoms with Gasteiger partial charge in [0.05, 0.1) is 12.2 Å². The van der Waals surface area contributed by atoms with Crippen molar-refractivity contribution < 1.29 is 14.3 Å². The van der Waals surface area contributed by atoms with Crippen molar-refractivity contribution in [2.75, 3.05) is 13.2 Å². The molecule has 0 N–H and O–H groups in total. The van der Waals surface area contributed by atoms with Gasteiger partial charge in [0.25, 0.3) is 0 Å². The fourth-order valence-electron chi connectivity index (χ4n) is 1.21. The molecule has 0 saturated heterocycles. The summed E-state index contributed by atoms with van der Waals surface area (Å²) in [5.74, 6) is 3.32. The van der Waals surface area contributed by atoms with E-state index in [9.17, 15) is 4.79 Å². The molecule has 1 rings (SSSR count). The van der Waals surface area contributed by atoms with Crippen molar-refractivity contribution in [3.8, 4) is 23.8 Å². The van der Waals surface area contributed by atoms with Crippen molar-refractivity contribution in [3.63, 3.8) is 0 Å². The van der Waals surface area contributed by atoms with Crippen molar-refractivity contribution in [2.45, 2.75) is 6.92 Å². The zero-order chi connectivity index (χ0) is 12.0. The van der Waals surface area contributed by atoms with Crippen LogP contribution in [0.25, 0.3) is 0 Å². The van der Waals surface area contributed by atoms with E-state index >= 15 is 0 Å². The number of benzene rings is 1. The second-order valence-electron chi connectivity index (χ2n) is 2.87. The molecular weight excluding hydrogens is 319 g/mol. The third-order valence-corrected chi connectivity index (χ3v) is 2.40. The van der Waals surface area contributed by atoms with Crippen LogP contribution in [0.5, 0.6) is 11.5 Å². The molecule has 0 unspecified atom stereocenters. The van der Waals surface area contributed by atoms with Gasteiger partial charge in [0.1, 0.15) is 6.61 Å². The molecule has 0 spiro atoms. The summed E-state index contributed by atoms with van der Waals surface area (Å²) in [4.78, 5) is 10.9. The molecule has 4 heteroatoms. The maximum atomic E-state index is 10.9. The molecule has 84 valence electrons. The maximum Gasteiger partial charge on any atom is 0.173 e. The monoisotopic (exact) mass is 330 g/mol. The van der Waals surface area contributed by atoms with E-state index in [-0.39, 0.29) is 6.61 Å². The maximum absolute atomic E-state index is 10.9. The fraction of sp³-hybridized carbons (Fsp3) is 0.250. The van der Waals surface area contributed by atoms with E-state index in [4.69, 9.17) is 15.9 Å².